The second kappa shape index (κ2) is 6.47. The van der Waals surface area contributed by atoms with E-state index in [9.17, 15) is 15.0 Å². The van der Waals surface area contributed by atoms with Crippen molar-refractivity contribution in [3.8, 4) is 22.6 Å². The fourth-order valence-electron chi connectivity index (χ4n) is 3.34. The summed E-state index contributed by atoms with van der Waals surface area (Å²) < 4.78 is 0. The van der Waals surface area contributed by atoms with Crippen LogP contribution in [-0.4, -0.2) is 16.1 Å². The van der Waals surface area contributed by atoms with Gasteiger partial charge in [-0.15, -0.1) is 0 Å². The summed E-state index contributed by atoms with van der Waals surface area (Å²) in [7, 11) is 0. The van der Waals surface area contributed by atoms with Crippen molar-refractivity contribution in [2.75, 3.05) is 5.32 Å². The number of benzene rings is 3. The number of aromatic hydroxyl groups is 2. The molecule has 1 aliphatic carbocycles. The van der Waals surface area contributed by atoms with Gasteiger partial charge < -0.3 is 15.5 Å². The van der Waals surface area contributed by atoms with Crippen LogP contribution in [0.15, 0.2) is 66.7 Å². The summed E-state index contributed by atoms with van der Waals surface area (Å²) in [5, 5.41) is 22.2. The van der Waals surface area contributed by atoms with Crippen molar-refractivity contribution in [2.45, 2.75) is 25.2 Å². The van der Waals surface area contributed by atoms with Crippen LogP contribution in [0.5, 0.6) is 11.5 Å². The van der Waals surface area contributed by atoms with Gasteiger partial charge in [0.25, 0.3) is 0 Å². The molecular weight excluding hydrogens is 338 g/mol. The number of aryl methyl sites for hydroxylation is 1. The zero-order chi connectivity index (χ0) is 19.0. The van der Waals surface area contributed by atoms with Crippen LogP contribution in [-0.2, 0) is 10.2 Å². The van der Waals surface area contributed by atoms with E-state index in [1.54, 1.807) is 6.07 Å². The highest BCUT2D eigenvalue weighted by Gasteiger charge is 2.51. The highest BCUT2D eigenvalue weighted by atomic mass is 16.3. The van der Waals surface area contributed by atoms with Gasteiger partial charge in [-0.3, -0.25) is 4.79 Å². The molecule has 3 aromatic rings. The Kier molecular flexibility index (Phi) is 4.11. The highest BCUT2D eigenvalue weighted by molar-refractivity contribution is 6.01. The zero-order valence-corrected chi connectivity index (χ0v) is 15.1. The number of carbonyl (C=O) groups excluding carboxylic acids is 1. The molecule has 4 nitrogen and oxygen atoms in total. The molecule has 1 aliphatic rings. The summed E-state index contributed by atoms with van der Waals surface area (Å²) in [5.41, 5.74) is 4.30. The third-order valence-corrected chi connectivity index (χ3v) is 5.24. The maximum absolute atomic E-state index is 12.8. The summed E-state index contributed by atoms with van der Waals surface area (Å²) in [5.74, 6) is -0.466. The molecule has 0 atom stereocenters. The lowest BCUT2D eigenvalue weighted by Gasteiger charge is -2.16. The molecule has 0 aromatic heterocycles. The van der Waals surface area contributed by atoms with E-state index in [2.05, 4.69) is 36.5 Å². The topological polar surface area (TPSA) is 69.6 Å². The van der Waals surface area contributed by atoms with Gasteiger partial charge >= 0.3 is 0 Å². The molecule has 1 saturated carbocycles. The number of nitrogens with one attached hydrogen (secondary N) is 1. The molecule has 1 fully saturated rings. The minimum Gasteiger partial charge on any atom is -0.504 e. The number of hydrogen-bond donors (Lipinski definition) is 3. The molecule has 3 N–H and O–H groups in total. The van der Waals surface area contributed by atoms with Crippen molar-refractivity contribution < 1.29 is 15.0 Å². The van der Waals surface area contributed by atoms with Crippen LogP contribution in [0.2, 0.25) is 0 Å². The number of anilines is 1. The first-order chi connectivity index (χ1) is 13.0. The van der Waals surface area contributed by atoms with Crippen LogP contribution in [0.1, 0.15) is 24.0 Å². The quantitative estimate of drug-likeness (QED) is 0.589. The standard InChI is InChI=1S/C23H21NO3/c1-15-2-4-16(5-3-15)17-6-9-19(10-7-17)24-22(27)23(12-13-23)18-8-11-20(25)21(26)14-18/h2-11,14,25-26H,12-13H2,1H3,(H,24,27). The van der Waals surface area contributed by atoms with Gasteiger partial charge in [0.1, 0.15) is 0 Å². The van der Waals surface area contributed by atoms with Gasteiger partial charge in [-0.05, 0) is 60.7 Å². The summed E-state index contributed by atoms with van der Waals surface area (Å²) >= 11 is 0. The molecule has 0 heterocycles. The number of phenolic OH excluding ortho intramolecular Hbond substituents is 2. The predicted octanol–water partition coefficient (Wildman–Crippen LogP) is 4.74. The first-order valence-electron chi connectivity index (χ1n) is 8.99. The smallest absolute Gasteiger partial charge is 0.235 e. The van der Waals surface area contributed by atoms with Crippen molar-refractivity contribution in [3.05, 3.63) is 77.9 Å². The normalized spacial score (nSPS) is 14.6. The molecule has 0 spiro atoms. The van der Waals surface area contributed by atoms with Crippen LogP contribution in [0.25, 0.3) is 11.1 Å². The molecule has 3 aromatic carbocycles. The van der Waals surface area contributed by atoms with Crippen LogP contribution in [0.4, 0.5) is 5.69 Å². The Morgan fingerprint density at radius 1 is 0.852 bits per heavy atom. The van der Waals surface area contributed by atoms with E-state index in [4.69, 9.17) is 0 Å². The number of amides is 1. The number of rotatable bonds is 4. The fourth-order valence-corrected chi connectivity index (χ4v) is 3.34. The lowest BCUT2D eigenvalue weighted by Crippen LogP contribution is -2.27. The average Bonchev–Trinajstić information content (AvgIpc) is 3.47. The molecule has 0 unspecified atom stereocenters. The number of hydrogen-bond acceptors (Lipinski definition) is 3. The lowest BCUT2D eigenvalue weighted by molar-refractivity contribution is -0.118. The molecule has 0 aliphatic heterocycles. The third kappa shape index (κ3) is 3.26. The van der Waals surface area contributed by atoms with E-state index >= 15 is 0 Å². The van der Waals surface area contributed by atoms with Crippen LogP contribution in [0, 0.1) is 6.92 Å². The van der Waals surface area contributed by atoms with Crippen LogP contribution in [0.3, 0.4) is 0 Å². The van der Waals surface area contributed by atoms with Crippen molar-refractivity contribution >= 4 is 11.6 Å². The maximum Gasteiger partial charge on any atom is 0.235 e. The zero-order valence-electron chi connectivity index (χ0n) is 15.1. The molecule has 136 valence electrons. The van der Waals surface area contributed by atoms with Crippen molar-refractivity contribution in [3.63, 3.8) is 0 Å². The fraction of sp³-hybridized carbons (Fsp3) is 0.174. The Morgan fingerprint density at radius 2 is 1.44 bits per heavy atom. The van der Waals surface area contributed by atoms with Gasteiger partial charge in [0.15, 0.2) is 11.5 Å². The SMILES string of the molecule is Cc1ccc(-c2ccc(NC(=O)C3(c4ccc(O)c(O)c4)CC3)cc2)cc1. The first kappa shape index (κ1) is 17.2. The molecule has 0 saturated heterocycles. The maximum atomic E-state index is 12.8. The second-order valence-corrected chi connectivity index (χ2v) is 7.18. The number of phenols is 2. The Morgan fingerprint density at radius 3 is 2.00 bits per heavy atom. The molecular formula is C23H21NO3. The van der Waals surface area contributed by atoms with Gasteiger partial charge in [-0.2, -0.15) is 0 Å². The Hall–Kier alpha value is -3.27. The molecule has 4 heteroatoms. The minimum absolute atomic E-state index is 0.0873. The van der Waals surface area contributed by atoms with Gasteiger partial charge in [0, 0.05) is 5.69 Å². The van der Waals surface area contributed by atoms with Crippen LogP contribution >= 0.6 is 0 Å². The summed E-state index contributed by atoms with van der Waals surface area (Å²) in [6, 6.07) is 20.7. The van der Waals surface area contributed by atoms with Crippen molar-refractivity contribution in [2.24, 2.45) is 0 Å². The van der Waals surface area contributed by atoms with Crippen LogP contribution < -0.4 is 5.32 Å². The monoisotopic (exact) mass is 359 g/mol. The Labute approximate surface area is 158 Å². The predicted molar refractivity (Wildman–Crippen MR) is 106 cm³/mol. The van der Waals surface area contributed by atoms with E-state index < -0.39 is 5.41 Å². The molecule has 27 heavy (non-hydrogen) atoms. The Bertz CT molecular complexity index is 987. The third-order valence-electron chi connectivity index (χ3n) is 5.24. The molecule has 1 amide bonds. The van der Waals surface area contributed by atoms with E-state index in [-0.39, 0.29) is 17.4 Å². The van der Waals surface area contributed by atoms with E-state index in [0.29, 0.717) is 0 Å². The van der Waals surface area contributed by atoms with Gasteiger partial charge in [0.05, 0.1) is 5.41 Å². The van der Waals surface area contributed by atoms with Gasteiger partial charge in [-0.25, -0.2) is 0 Å². The van der Waals surface area contributed by atoms with E-state index in [0.717, 1.165) is 35.2 Å². The Balaban J connectivity index is 1.51. The minimum atomic E-state index is -0.624. The largest absolute Gasteiger partial charge is 0.504 e. The van der Waals surface area contributed by atoms with Crippen molar-refractivity contribution in [1.29, 1.82) is 0 Å². The lowest BCUT2D eigenvalue weighted by atomic mass is 9.94. The number of carbonyl (C=O) groups is 1. The van der Waals surface area contributed by atoms with Crippen molar-refractivity contribution in [1.82, 2.24) is 0 Å². The van der Waals surface area contributed by atoms with E-state index in [1.807, 2.05) is 24.3 Å². The highest BCUT2D eigenvalue weighted by Crippen LogP contribution is 2.50. The summed E-state index contributed by atoms with van der Waals surface area (Å²) in [4.78, 5) is 12.8. The average molecular weight is 359 g/mol. The first-order valence-corrected chi connectivity index (χ1v) is 8.99. The molecule has 0 bridgehead atoms. The van der Waals surface area contributed by atoms with Gasteiger partial charge in [0.2, 0.25) is 5.91 Å². The van der Waals surface area contributed by atoms with Gasteiger partial charge in [-0.1, -0.05) is 48.0 Å². The summed E-state index contributed by atoms with van der Waals surface area (Å²) in [6.07, 6.45) is 1.45. The second-order valence-electron chi connectivity index (χ2n) is 7.18. The summed E-state index contributed by atoms with van der Waals surface area (Å²) in [6.45, 7) is 2.06. The molecule has 0 radical (unpaired) electrons. The molecule has 4 rings (SSSR count). The van der Waals surface area contributed by atoms with E-state index in [1.165, 1.54) is 17.7 Å².